The Labute approximate surface area is 153 Å². The Hall–Kier alpha value is -2.76. The van der Waals surface area contributed by atoms with Crippen molar-refractivity contribution in [1.82, 2.24) is 9.97 Å². The second-order valence-corrected chi connectivity index (χ2v) is 7.80. The van der Waals surface area contributed by atoms with Gasteiger partial charge >= 0.3 is 11.9 Å². The summed E-state index contributed by atoms with van der Waals surface area (Å²) in [5.41, 5.74) is -0.609. The van der Waals surface area contributed by atoms with E-state index in [1.807, 2.05) is 0 Å². The Morgan fingerprint density at radius 3 is 1.58 bits per heavy atom. The van der Waals surface area contributed by atoms with Gasteiger partial charge in [-0.05, 0) is 59.7 Å². The van der Waals surface area contributed by atoms with Gasteiger partial charge in [-0.1, -0.05) is 6.07 Å². The number of nitrogens with zero attached hydrogens (tertiary/aromatic N) is 2. The number of benzene rings is 1. The van der Waals surface area contributed by atoms with Crippen LogP contribution in [0.5, 0.6) is 0 Å². The summed E-state index contributed by atoms with van der Waals surface area (Å²) in [5.74, 6) is -0.842. The molecule has 0 aliphatic heterocycles. The second kappa shape index (κ2) is 7.23. The van der Waals surface area contributed by atoms with Crippen molar-refractivity contribution in [2.45, 2.75) is 52.7 Å². The molecule has 1 aromatic heterocycles. The molecule has 0 bridgehead atoms. The number of ether oxygens (including phenoxy) is 2. The minimum atomic E-state index is -0.673. The minimum Gasteiger partial charge on any atom is -0.456 e. The van der Waals surface area contributed by atoms with Crippen LogP contribution in [0.25, 0.3) is 11.4 Å². The average molecular weight is 356 g/mol. The van der Waals surface area contributed by atoms with Crippen LogP contribution in [0.3, 0.4) is 0 Å². The predicted molar refractivity (Wildman–Crippen MR) is 97.8 cm³/mol. The van der Waals surface area contributed by atoms with Crippen molar-refractivity contribution in [3.63, 3.8) is 0 Å². The van der Waals surface area contributed by atoms with E-state index in [-0.39, 0.29) is 17.0 Å². The molecule has 6 heteroatoms. The lowest BCUT2D eigenvalue weighted by atomic mass is 9.99. The largest absolute Gasteiger partial charge is 0.456 e. The molecule has 0 unspecified atom stereocenters. The van der Waals surface area contributed by atoms with Crippen molar-refractivity contribution in [3.8, 4) is 11.4 Å². The Bertz CT molecular complexity index is 757. The molecule has 0 atom stereocenters. The van der Waals surface area contributed by atoms with Gasteiger partial charge in [0.15, 0.2) is 5.82 Å². The molecule has 0 aliphatic rings. The Morgan fingerprint density at radius 2 is 1.19 bits per heavy atom. The maximum Gasteiger partial charge on any atom is 0.339 e. The van der Waals surface area contributed by atoms with Crippen LogP contribution in [0.15, 0.2) is 36.7 Å². The molecule has 2 aromatic rings. The predicted octanol–water partition coefficient (Wildman–Crippen LogP) is 4.05. The molecule has 26 heavy (non-hydrogen) atoms. The molecule has 0 N–H and O–H groups in total. The van der Waals surface area contributed by atoms with E-state index in [0.717, 1.165) is 0 Å². The third kappa shape index (κ3) is 5.12. The van der Waals surface area contributed by atoms with Crippen LogP contribution < -0.4 is 0 Å². The summed E-state index contributed by atoms with van der Waals surface area (Å²) in [6, 6.07) is 6.46. The zero-order valence-corrected chi connectivity index (χ0v) is 16.0. The summed E-state index contributed by atoms with van der Waals surface area (Å²) in [7, 11) is 0. The molecule has 0 saturated heterocycles. The van der Waals surface area contributed by atoms with Gasteiger partial charge in [0.05, 0.1) is 11.1 Å². The third-order valence-electron chi connectivity index (χ3n) is 3.09. The highest BCUT2D eigenvalue weighted by atomic mass is 16.6. The van der Waals surface area contributed by atoms with Crippen molar-refractivity contribution in [3.05, 3.63) is 47.8 Å². The van der Waals surface area contributed by atoms with E-state index in [1.165, 1.54) is 0 Å². The van der Waals surface area contributed by atoms with E-state index in [2.05, 4.69) is 9.97 Å². The first kappa shape index (κ1) is 19.6. The van der Waals surface area contributed by atoms with Crippen molar-refractivity contribution < 1.29 is 19.1 Å². The van der Waals surface area contributed by atoms with Crippen LogP contribution in [-0.4, -0.2) is 33.1 Å². The smallest absolute Gasteiger partial charge is 0.339 e. The fourth-order valence-corrected chi connectivity index (χ4v) is 2.23. The van der Waals surface area contributed by atoms with E-state index in [1.54, 1.807) is 78.2 Å². The number of carbonyl (C=O) groups is 2. The molecule has 1 aromatic carbocycles. The lowest BCUT2D eigenvalue weighted by Gasteiger charge is -2.22. The first-order chi connectivity index (χ1) is 12.0. The third-order valence-corrected chi connectivity index (χ3v) is 3.09. The maximum absolute atomic E-state index is 12.7. The van der Waals surface area contributed by atoms with Gasteiger partial charge in [-0.15, -0.1) is 0 Å². The fraction of sp³-hybridized carbons (Fsp3) is 0.400. The number of esters is 2. The molecule has 1 heterocycles. The number of hydrogen-bond donors (Lipinski definition) is 0. The van der Waals surface area contributed by atoms with Gasteiger partial charge in [0.25, 0.3) is 0 Å². The van der Waals surface area contributed by atoms with Gasteiger partial charge < -0.3 is 9.47 Å². The maximum atomic E-state index is 12.7. The summed E-state index contributed by atoms with van der Waals surface area (Å²) >= 11 is 0. The van der Waals surface area contributed by atoms with Crippen LogP contribution in [0.4, 0.5) is 0 Å². The summed E-state index contributed by atoms with van der Waals surface area (Å²) in [4.78, 5) is 33.8. The zero-order chi connectivity index (χ0) is 19.5. The molecular weight excluding hydrogens is 332 g/mol. The van der Waals surface area contributed by atoms with Crippen LogP contribution >= 0.6 is 0 Å². The first-order valence-corrected chi connectivity index (χ1v) is 8.35. The first-order valence-electron chi connectivity index (χ1n) is 8.35. The second-order valence-electron chi connectivity index (χ2n) is 7.80. The number of hydrogen-bond acceptors (Lipinski definition) is 6. The summed E-state index contributed by atoms with van der Waals surface area (Å²) < 4.78 is 10.9. The average Bonchev–Trinajstić information content (AvgIpc) is 2.51. The van der Waals surface area contributed by atoms with Gasteiger partial charge in [-0.25, -0.2) is 19.6 Å². The minimum absolute atomic E-state index is 0.217. The Balaban J connectivity index is 2.61. The van der Waals surface area contributed by atoms with E-state index in [4.69, 9.17) is 9.47 Å². The molecule has 2 rings (SSSR count). The molecule has 0 spiro atoms. The summed E-state index contributed by atoms with van der Waals surface area (Å²) in [6.45, 7) is 10.7. The quantitative estimate of drug-likeness (QED) is 0.772. The highest BCUT2D eigenvalue weighted by Gasteiger charge is 2.28. The number of rotatable bonds is 3. The SMILES string of the molecule is CC(C)(C)OC(=O)c1cccc(C(=O)OC(C)(C)C)c1-c1ncccn1. The van der Waals surface area contributed by atoms with Crippen molar-refractivity contribution in [1.29, 1.82) is 0 Å². The molecule has 138 valence electrons. The Kier molecular flexibility index (Phi) is 5.44. The van der Waals surface area contributed by atoms with E-state index in [9.17, 15) is 9.59 Å². The van der Waals surface area contributed by atoms with Gasteiger partial charge in [0.1, 0.15) is 11.2 Å². The molecule has 0 radical (unpaired) electrons. The van der Waals surface area contributed by atoms with Crippen LogP contribution in [0.2, 0.25) is 0 Å². The molecule has 6 nitrogen and oxygen atoms in total. The van der Waals surface area contributed by atoms with Crippen LogP contribution in [0, 0.1) is 0 Å². The van der Waals surface area contributed by atoms with Crippen molar-refractivity contribution >= 4 is 11.9 Å². The summed E-state index contributed by atoms with van der Waals surface area (Å²) in [6.07, 6.45) is 3.10. The molecule has 0 saturated carbocycles. The number of carbonyl (C=O) groups excluding carboxylic acids is 2. The van der Waals surface area contributed by atoms with Crippen molar-refractivity contribution in [2.24, 2.45) is 0 Å². The van der Waals surface area contributed by atoms with Gasteiger partial charge in [0, 0.05) is 18.0 Å². The highest BCUT2D eigenvalue weighted by molar-refractivity contribution is 6.05. The van der Waals surface area contributed by atoms with Crippen molar-refractivity contribution in [2.75, 3.05) is 0 Å². The van der Waals surface area contributed by atoms with E-state index < -0.39 is 23.1 Å². The Morgan fingerprint density at radius 1 is 0.769 bits per heavy atom. The van der Waals surface area contributed by atoms with Crippen LogP contribution in [0.1, 0.15) is 62.3 Å². The number of aromatic nitrogens is 2. The van der Waals surface area contributed by atoms with Gasteiger partial charge in [-0.2, -0.15) is 0 Å². The summed E-state index contributed by atoms with van der Waals surface area (Å²) in [5, 5.41) is 0. The van der Waals surface area contributed by atoms with E-state index >= 15 is 0 Å². The molecular formula is C20H24N2O4. The van der Waals surface area contributed by atoms with Gasteiger partial charge in [-0.3, -0.25) is 0 Å². The van der Waals surface area contributed by atoms with E-state index in [0.29, 0.717) is 5.56 Å². The zero-order valence-electron chi connectivity index (χ0n) is 16.0. The molecule has 0 fully saturated rings. The van der Waals surface area contributed by atoms with Crippen LogP contribution in [-0.2, 0) is 9.47 Å². The lowest BCUT2D eigenvalue weighted by molar-refractivity contribution is 0.00676. The highest BCUT2D eigenvalue weighted by Crippen LogP contribution is 2.28. The normalized spacial score (nSPS) is 11.8. The lowest BCUT2D eigenvalue weighted by Crippen LogP contribution is -2.26. The van der Waals surface area contributed by atoms with Gasteiger partial charge in [0.2, 0.25) is 0 Å². The molecule has 0 amide bonds. The molecule has 0 aliphatic carbocycles. The topological polar surface area (TPSA) is 78.4 Å². The standard InChI is InChI=1S/C20H24N2O4/c1-19(2,3)25-17(23)13-9-7-10-14(18(24)26-20(4,5)6)15(13)16-21-11-8-12-22-16/h7-12H,1-6H3. The fourth-order valence-electron chi connectivity index (χ4n) is 2.23. The monoisotopic (exact) mass is 356 g/mol.